The van der Waals surface area contributed by atoms with Crippen LogP contribution in [0.3, 0.4) is 0 Å². The lowest BCUT2D eigenvalue weighted by atomic mass is 9.74. The highest BCUT2D eigenvalue weighted by atomic mass is 14.3. The largest absolute Gasteiger partial charge is 0.0876 e. The van der Waals surface area contributed by atoms with Crippen LogP contribution in [0.5, 0.6) is 0 Å². The number of hydrogen-bond donors (Lipinski definition) is 0. The summed E-state index contributed by atoms with van der Waals surface area (Å²) in [6, 6.07) is 11.0. The molecule has 0 amide bonds. The van der Waals surface area contributed by atoms with Crippen molar-refractivity contribution in [3.05, 3.63) is 47.5 Å². The van der Waals surface area contributed by atoms with Crippen LogP contribution in [0, 0.1) is 5.92 Å². The van der Waals surface area contributed by atoms with E-state index in [4.69, 9.17) is 0 Å². The zero-order valence-electron chi connectivity index (χ0n) is 9.74. The van der Waals surface area contributed by atoms with Crippen LogP contribution in [0.1, 0.15) is 44.6 Å². The van der Waals surface area contributed by atoms with Crippen LogP contribution in [-0.2, 0) is 0 Å². The van der Waals surface area contributed by atoms with Gasteiger partial charge in [-0.1, -0.05) is 55.3 Å². The number of rotatable bonds is 1. The topological polar surface area (TPSA) is 0 Å². The van der Waals surface area contributed by atoms with E-state index in [0.717, 1.165) is 5.92 Å². The lowest BCUT2D eigenvalue weighted by Gasteiger charge is -2.31. The Kier molecular flexibility index (Phi) is 3.25. The maximum absolute atomic E-state index is 2.37. The lowest BCUT2D eigenvalue weighted by molar-refractivity contribution is 0.444. The Morgan fingerprint density at radius 2 is 1.87 bits per heavy atom. The molecule has 0 bridgehead atoms. The molecular weight excluding hydrogens is 180 g/mol. The average Bonchev–Trinajstić information content (AvgIpc) is 2.30. The second-order valence-electron chi connectivity index (χ2n) is 4.58. The van der Waals surface area contributed by atoms with E-state index in [1.807, 2.05) is 0 Å². The van der Waals surface area contributed by atoms with Crippen molar-refractivity contribution in [2.75, 3.05) is 0 Å². The molecule has 1 aromatic rings. The Morgan fingerprint density at radius 1 is 1.13 bits per heavy atom. The quantitative estimate of drug-likeness (QED) is 0.584. The summed E-state index contributed by atoms with van der Waals surface area (Å²) in [5.74, 6) is 1.45. The molecule has 1 saturated carbocycles. The molecule has 80 valence electrons. The molecule has 1 aliphatic rings. The van der Waals surface area contributed by atoms with E-state index >= 15 is 0 Å². The zero-order valence-corrected chi connectivity index (χ0v) is 9.74. The van der Waals surface area contributed by atoms with Crippen LogP contribution < -0.4 is 0 Å². The smallest absolute Gasteiger partial charge is 0.00507 e. The predicted octanol–water partition coefficient (Wildman–Crippen LogP) is 4.54. The summed E-state index contributed by atoms with van der Waals surface area (Å²) >= 11 is 0. The molecular formula is C15H20. The lowest BCUT2D eigenvalue weighted by Crippen LogP contribution is -2.15. The van der Waals surface area contributed by atoms with Gasteiger partial charge in [0.25, 0.3) is 0 Å². The first-order valence-corrected chi connectivity index (χ1v) is 6.04. The number of benzene rings is 1. The Labute approximate surface area is 93.0 Å². The molecule has 15 heavy (non-hydrogen) atoms. The van der Waals surface area contributed by atoms with Crippen molar-refractivity contribution in [3.8, 4) is 0 Å². The molecule has 0 radical (unpaired) electrons. The van der Waals surface area contributed by atoms with Crippen molar-refractivity contribution in [2.24, 2.45) is 5.92 Å². The molecule has 0 heteroatoms. The minimum atomic E-state index is 0.681. The SMILES string of the molecule is C/C=C1/[C@H](C)CCC[C@H]1c1ccccc1. The number of hydrogen-bond acceptors (Lipinski definition) is 0. The van der Waals surface area contributed by atoms with Crippen LogP contribution in [0.25, 0.3) is 0 Å². The molecule has 2 rings (SSSR count). The summed E-state index contributed by atoms with van der Waals surface area (Å²) in [6.45, 7) is 4.55. The van der Waals surface area contributed by atoms with E-state index in [1.54, 1.807) is 5.57 Å². The van der Waals surface area contributed by atoms with Crippen molar-refractivity contribution < 1.29 is 0 Å². The van der Waals surface area contributed by atoms with Crippen molar-refractivity contribution in [1.82, 2.24) is 0 Å². The predicted molar refractivity (Wildman–Crippen MR) is 66.0 cm³/mol. The highest BCUT2D eigenvalue weighted by Gasteiger charge is 2.24. The van der Waals surface area contributed by atoms with Gasteiger partial charge in [0.2, 0.25) is 0 Å². The van der Waals surface area contributed by atoms with Gasteiger partial charge in [0.15, 0.2) is 0 Å². The summed E-state index contributed by atoms with van der Waals surface area (Å²) in [5, 5.41) is 0. The monoisotopic (exact) mass is 200 g/mol. The van der Waals surface area contributed by atoms with E-state index in [2.05, 4.69) is 50.3 Å². The first-order chi connectivity index (χ1) is 7.33. The van der Waals surface area contributed by atoms with E-state index in [0.29, 0.717) is 5.92 Å². The van der Waals surface area contributed by atoms with Gasteiger partial charge in [0.1, 0.15) is 0 Å². The normalized spacial score (nSPS) is 29.3. The molecule has 1 fully saturated rings. The van der Waals surface area contributed by atoms with Gasteiger partial charge in [0, 0.05) is 5.92 Å². The van der Waals surface area contributed by atoms with Gasteiger partial charge in [-0.2, -0.15) is 0 Å². The van der Waals surface area contributed by atoms with Gasteiger partial charge >= 0.3 is 0 Å². The fraction of sp³-hybridized carbons (Fsp3) is 0.467. The molecule has 0 aliphatic heterocycles. The molecule has 0 unspecified atom stereocenters. The highest BCUT2D eigenvalue weighted by molar-refractivity contribution is 5.30. The van der Waals surface area contributed by atoms with Crippen LogP contribution >= 0.6 is 0 Å². The highest BCUT2D eigenvalue weighted by Crippen LogP contribution is 2.40. The molecule has 0 heterocycles. The summed E-state index contributed by atoms with van der Waals surface area (Å²) < 4.78 is 0. The van der Waals surface area contributed by atoms with Crippen LogP contribution in [0.2, 0.25) is 0 Å². The first kappa shape index (κ1) is 10.5. The Bertz CT molecular complexity index is 334. The fourth-order valence-corrected chi connectivity index (χ4v) is 2.84. The Balaban J connectivity index is 2.28. The van der Waals surface area contributed by atoms with E-state index < -0.39 is 0 Å². The minimum absolute atomic E-state index is 0.681. The van der Waals surface area contributed by atoms with Crippen molar-refractivity contribution in [1.29, 1.82) is 0 Å². The minimum Gasteiger partial charge on any atom is -0.0876 e. The van der Waals surface area contributed by atoms with Crippen molar-refractivity contribution in [3.63, 3.8) is 0 Å². The van der Waals surface area contributed by atoms with E-state index in [9.17, 15) is 0 Å². The molecule has 0 aromatic heterocycles. The first-order valence-electron chi connectivity index (χ1n) is 6.04. The molecule has 0 spiro atoms. The van der Waals surface area contributed by atoms with E-state index in [1.165, 1.54) is 24.8 Å². The summed E-state index contributed by atoms with van der Waals surface area (Å²) in [4.78, 5) is 0. The molecule has 1 aromatic carbocycles. The molecule has 0 nitrogen and oxygen atoms in total. The maximum Gasteiger partial charge on any atom is 0.00507 e. The van der Waals surface area contributed by atoms with Crippen molar-refractivity contribution >= 4 is 0 Å². The number of allylic oxidation sites excluding steroid dienone is 2. The van der Waals surface area contributed by atoms with Gasteiger partial charge in [-0.25, -0.2) is 0 Å². The fourth-order valence-electron chi connectivity index (χ4n) is 2.84. The average molecular weight is 200 g/mol. The maximum atomic E-state index is 2.37. The Hall–Kier alpha value is -1.04. The molecule has 2 atom stereocenters. The third kappa shape index (κ3) is 2.14. The van der Waals surface area contributed by atoms with Crippen LogP contribution in [0.15, 0.2) is 42.0 Å². The van der Waals surface area contributed by atoms with Crippen LogP contribution in [0.4, 0.5) is 0 Å². The van der Waals surface area contributed by atoms with Gasteiger partial charge in [-0.15, -0.1) is 0 Å². The van der Waals surface area contributed by atoms with Crippen LogP contribution in [-0.4, -0.2) is 0 Å². The summed E-state index contributed by atoms with van der Waals surface area (Å²) in [5.41, 5.74) is 3.14. The standard InChI is InChI=1S/C15H20/c1-3-14-12(2)8-7-11-15(14)13-9-5-4-6-10-13/h3-6,9-10,12,15H,7-8,11H2,1-2H3/b14-3-/t12-,15+/m1/s1. The molecule has 1 aliphatic carbocycles. The van der Waals surface area contributed by atoms with Crippen molar-refractivity contribution in [2.45, 2.75) is 39.0 Å². The summed E-state index contributed by atoms with van der Waals surface area (Å²) in [6.07, 6.45) is 6.40. The molecule has 0 N–H and O–H groups in total. The van der Waals surface area contributed by atoms with Gasteiger partial charge in [-0.3, -0.25) is 0 Å². The van der Waals surface area contributed by atoms with Gasteiger partial charge in [0.05, 0.1) is 0 Å². The second kappa shape index (κ2) is 4.65. The van der Waals surface area contributed by atoms with Gasteiger partial charge in [-0.05, 0) is 31.2 Å². The van der Waals surface area contributed by atoms with E-state index in [-0.39, 0.29) is 0 Å². The third-order valence-corrected chi connectivity index (χ3v) is 3.64. The third-order valence-electron chi connectivity index (χ3n) is 3.64. The van der Waals surface area contributed by atoms with Gasteiger partial charge < -0.3 is 0 Å². The Morgan fingerprint density at radius 3 is 2.53 bits per heavy atom. The zero-order chi connectivity index (χ0) is 10.7. The molecule has 0 saturated heterocycles. The second-order valence-corrected chi connectivity index (χ2v) is 4.58. The summed E-state index contributed by atoms with van der Waals surface area (Å²) in [7, 11) is 0.